The van der Waals surface area contributed by atoms with Crippen molar-refractivity contribution in [3.05, 3.63) is 48.7 Å². The number of benzene rings is 1. The van der Waals surface area contributed by atoms with Gasteiger partial charge in [-0.15, -0.1) is 0 Å². The fraction of sp³-hybridized carbons (Fsp3) is 0.333. The molecule has 0 unspecified atom stereocenters. The van der Waals surface area contributed by atoms with Crippen molar-refractivity contribution in [2.45, 2.75) is 34.6 Å². The minimum Gasteiger partial charge on any atom is -0.465 e. The first-order valence-corrected chi connectivity index (χ1v) is 5.78. The summed E-state index contributed by atoms with van der Waals surface area (Å²) in [4.78, 5) is 0. The molecule has 0 radical (unpaired) electrons. The normalized spacial score (nSPS) is 7.56. The van der Waals surface area contributed by atoms with E-state index in [4.69, 9.17) is 4.74 Å². The number of aryl methyl sites for hydroxylation is 1. The molecule has 0 spiro atoms. The van der Waals surface area contributed by atoms with Crippen LogP contribution in [0.25, 0.3) is 6.08 Å². The van der Waals surface area contributed by atoms with E-state index in [1.54, 1.807) is 6.08 Å². The van der Waals surface area contributed by atoms with Crippen LogP contribution in [0.4, 0.5) is 0 Å². The number of ether oxygens (including phenoxy) is 1. The van der Waals surface area contributed by atoms with Crippen molar-refractivity contribution in [3.63, 3.8) is 0 Å². The molecule has 16 heavy (non-hydrogen) atoms. The Morgan fingerprint density at radius 2 is 1.62 bits per heavy atom. The van der Waals surface area contributed by atoms with Gasteiger partial charge < -0.3 is 4.74 Å². The summed E-state index contributed by atoms with van der Waals surface area (Å²) < 4.78 is 5.20. The third kappa shape index (κ3) is 6.07. The van der Waals surface area contributed by atoms with Gasteiger partial charge in [0.2, 0.25) is 0 Å². The second-order valence-electron chi connectivity index (χ2n) is 2.53. The summed E-state index contributed by atoms with van der Waals surface area (Å²) >= 11 is 0. The molecule has 0 saturated carbocycles. The first-order chi connectivity index (χ1) is 7.77. The van der Waals surface area contributed by atoms with Crippen LogP contribution < -0.4 is 4.74 Å². The minimum absolute atomic E-state index is 0.806. The average Bonchev–Trinajstić information content (AvgIpc) is 2.35. The maximum atomic E-state index is 5.20. The topological polar surface area (TPSA) is 9.23 Å². The fourth-order valence-corrected chi connectivity index (χ4v) is 1.00. The molecule has 1 aromatic rings. The standard InChI is InChI=1S/C11H12O.2C2H6/c1-4-10-7-6-9(3)8-11(10)12-5-2;2*1-2/h4-8H,1-2H2,3H3;2*1-2H3. The van der Waals surface area contributed by atoms with E-state index in [1.165, 1.54) is 6.26 Å². The molecule has 0 saturated heterocycles. The van der Waals surface area contributed by atoms with Gasteiger partial charge in [-0.05, 0) is 18.6 Å². The molecule has 0 heterocycles. The van der Waals surface area contributed by atoms with Crippen molar-refractivity contribution < 1.29 is 4.74 Å². The van der Waals surface area contributed by atoms with Crippen LogP contribution in [0, 0.1) is 6.92 Å². The van der Waals surface area contributed by atoms with Crippen molar-refractivity contribution in [1.82, 2.24) is 0 Å². The summed E-state index contributed by atoms with van der Waals surface area (Å²) in [6.45, 7) is 17.2. The predicted molar refractivity (Wildman–Crippen MR) is 74.8 cm³/mol. The van der Waals surface area contributed by atoms with E-state index < -0.39 is 0 Å². The van der Waals surface area contributed by atoms with Crippen molar-refractivity contribution in [1.29, 1.82) is 0 Å². The summed E-state index contributed by atoms with van der Waals surface area (Å²) in [7, 11) is 0. The Morgan fingerprint density at radius 1 is 1.06 bits per heavy atom. The molecule has 0 aliphatic carbocycles. The van der Waals surface area contributed by atoms with Crippen LogP contribution in [-0.2, 0) is 0 Å². The third-order valence-corrected chi connectivity index (χ3v) is 1.60. The Balaban J connectivity index is 0. The molecule has 0 amide bonds. The molecular weight excluding hydrogens is 196 g/mol. The van der Waals surface area contributed by atoms with Gasteiger partial charge in [0.25, 0.3) is 0 Å². The zero-order chi connectivity index (χ0) is 13.0. The molecule has 1 rings (SSSR count). The molecule has 0 N–H and O–H groups in total. The molecule has 1 heteroatoms. The first-order valence-electron chi connectivity index (χ1n) is 5.78. The molecule has 0 atom stereocenters. The SMILES string of the molecule is C=COc1cc(C)ccc1C=C.CC.CC. The van der Waals surface area contributed by atoms with Crippen LogP contribution >= 0.6 is 0 Å². The van der Waals surface area contributed by atoms with E-state index in [0.717, 1.165) is 16.9 Å². The first kappa shape index (κ1) is 16.9. The highest BCUT2D eigenvalue weighted by atomic mass is 16.5. The highest BCUT2D eigenvalue weighted by Crippen LogP contribution is 2.21. The smallest absolute Gasteiger partial charge is 0.133 e. The number of hydrogen-bond donors (Lipinski definition) is 0. The molecule has 1 nitrogen and oxygen atoms in total. The lowest BCUT2D eigenvalue weighted by atomic mass is 10.1. The van der Waals surface area contributed by atoms with E-state index in [9.17, 15) is 0 Å². The van der Waals surface area contributed by atoms with E-state index in [-0.39, 0.29) is 0 Å². The lowest BCUT2D eigenvalue weighted by Gasteiger charge is -2.04. The Bertz CT molecular complexity index is 300. The van der Waals surface area contributed by atoms with Gasteiger partial charge in [-0.2, -0.15) is 0 Å². The van der Waals surface area contributed by atoms with Crippen LogP contribution in [0.1, 0.15) is 38.8 Å². The zero-order valence-electron chi connectivity index (χ0n) is 11.2. The summed E-state index contributed by atoms with van der Waals surface area (Å²) in [5.41, 5.74) is 2.15. The van der Waals surface area contributed by atoms with Crippen LogP contribution in [-0.4, -0.2) is 0 Å². The highest BCUT2D eigenvalue weighted by molar-refractivity contribution is 5.56. The van der Waals surface area contributed by atoms with Gasteiger partial charge in [0.15, 0.2) is 0 Å². The van der Waals surface area contributed by atoms with Gasteiger partial charge in [-0.1, -0.05) is 59.1 Å². The fourth-order valence-electron chi connectivity index (χ4n) is 1.00. The quantitative estimate of drug-likeness (QED) is 0.635. The molecule has 0 aliphatic rings. The second kappa shape index (κ2) is 11.6. The zero-order valence-corrected chi connectivity index (χ0v) is 11.2. The maximum Gasteiger partial charge on any atom is 0.133 e. The van der Waals surface area contributed by atoms with Gasteiger partial charge in [-0.25, -0.2) is 0 Å². The van der Waals surface area contributed by atoms with Gasteiger partial charge in [0, 0.05) is 5.56 Å². The van der Waals surface area contributed by atoms with Crippen LogP contribution in [0.15, 0.2) is 37.6 Å². The number of rotatable bonds is 3. The lowest BCUT2D eigenvalue weighted by Crippen LogP contribution is -1.85. The molecule has 90 valence electrons. The van der Waals surface area contributed by atoms with Gasteiger partial charge in [0.1, 0.15) is 5.75 Å². The molecule has 1 aromatic carbocycles. The second-order valence-corrected chi connectivity index (χ2v) is 2.53. The van der Waals surface area contributed by atoms with E-state index in [2.05, 4.69) is 13.2 Å². The number of hydrogen-bond acceptors (Lipinski definition) is 1. The summed E-state index contributed by atoms with van der Waals surface area (Å²) in [6.07, 6.45) is 3.18. The predicted octanol–water partition coefficient (Wildman–Crippen LogP) is 5.21. The van der Waals surface area contributed by atoms with Crippen molar-refractivity contribution in [2.24, 2.45) is 0 Å². The van der Waals surface area contributed by atoms with E-state index >= 15 is 0 Å². The lowest BCUT2D eigenvalue weighted by molar-refractivity contribution is 0.482. The molecule has 0 aromatic heterocycles. The van der Waals surface area contributed by atoms with E-state index in [0.29, 0.717) is 0 Å². The molecular formula is C15H24O. The Labute approximate surface area is 100 Å². The maximum absolute atomic E-state index is 5.20. The van der Waals surface area contributed by atoms with Crippen molar-refractivity contribution in [2.75, 3.05) is 0 Å². The van der Waals surface area contributed by atoms with Gasteiger partial charge in [0.05, 0.1) is 6.26 Å². The van der Waals surface area contributed by atoms with Gasteiger partial charge in [-0.3, -0.25) is 0 Å². The minimum atomic E-state index is 0.806. The van der Waals surface area contributed by atoms with Crippen molar-refractivity contribution >= 4 is 6.08 Å². The summed E-state index contributed by atoms with van der Waals surface area (Å²) in [6, 6.07) is 5.95. The van der Waals surface area contributed by atoms with Crippen LogP contribution in [0.5, 0.6) is 5.75 Å². The summed E-state index contributed by atoms with van der Waals surface area (Å²) in [5, 5.41) is 0. The highest BCUT2D eigenvalue weighted by Gasteiger charge is 1.98. The Morgan fingerprint density at radius 3 is 2.06 bits per heavy atom. The Hall–Kier alpha value is -1.50. The van der Waals surface area contributed by atoms with E-state index in [1.807, 2.05) is 52.8 Å². The van der Waals surface area contributed by atoms with Crippen LogP contribution in [0.3, 0.4) is 0 Å². The Kier molecular flexibility index (Phi) is 12.2. The molecule has 0 bridgehead atoms. The molecule has 0 aliphatic heterocycles. The van der Waals surface area contributed by atoms with Crippen LogP contribution in [0.2, 0.25) is 0 Å². The third-order valence-electron chi connectivity index (χ3n) is 1.60. The molecule has 0 fully saturated rings. The van der Waals surface area contributed by atoms with Gasteiger partial charge >= 0.3 is 0 Å². The van der Waals surface area contributed by atoms with Crippen molar-refractivity contribution in [3.8, 4) is 5.75 Å². The summed E-state index contributed by atoms with van der Waals surface area (Å²) in [5.74, 6) is 0.806. The average molecular weight is 220 g/mol. The largest absolute Gasteiger partial charge is 0.465 e. The monoisotopic (exact) mass is 220 g/mol.